The summed E-state index contributed by atoms with van der Waals surface area (Å²) in [6.45, 7) is 5.59. The first-order chi connectivity index (χ1) is 15.6. The first kappa shape index (κ1) is 23.4. The van der Waals surface area contributed by atoms with Gasteiger partial charge >= 0.3 is 0 Å². The van der Waals surface area contributed by atoms with Crippen molar-refractivity contribution in [3.05, 3.63) is 85.9 Å². The zero-order chi connectivity index (χ0) is 24.0. The Bertz CT molecular complexity index is 1380. The maximum atomic E-state index is 13.6. The van der Waals surface area contributed by atoms with Crippen LogP contribution in [0.15, 0.2) is 52.5 Å². The van der Waals surface area contributed by atoms with Crippen molar-refractivity contribution in [1.82, 2.24) is 9.88 Å². The van der Waals surface area contributed by atoms with E-state index >= 15 is 0 Å². The second-order valence-electron chi connectivity index (χ2n) is 7.65. The second kappa shape index (κ2) is 8.85. The molecule has 2 heterocycles. The van der Waals surface area contributed by atoms with Crippen molar-refractivity contribution in [3.8, 4) is 5.69 Å². The fourth-order valence-electron chi connectivity index (χ4n) is 3.86. The number of hydrogen-bond donors (Lipinski definition) is 1. The molecule has 3 aromatic rings. The van der Waals surface area contributed by atoms with Crippen molar-refractivity contribution >= 4 is 68.4 Å². The molecule has 0 aliphatic carbocycles. The molecule has 1 aromatic heterocycles. The number of nitrogens with zero attached hydrogens (tertiary/aromatic N) is 2. The first-order valence-corrected chi connectivity index (χ1v) is 11.5. The normalized spacial score (nSPS) is 15.4. The van der Waals surface area contributed by atoms with E-state index in [-0.39, 0.29) is 15.7 Å². The molecule has 0 unspecified atom stereocenters. The lowest BCUT2D eigenvalue weighted by molar-refractivity contribution is -0.122. The number of anilines is 1. The van der Waals surface area contributed by atoms with Gasteiger partial charge in [0.1, 0.15) is 11.4 Å². The van der Waals surface area contributed by atoms with Crippen LogP contribution in [0.4, 0.5) is 10.1 Å². The molecule has 1 saturated heterocycles. The number of nitrogens with one attached hydrogen (secondary N) is 1. The minimum atomic E-state index is -0.564. The van der Waals surface area contributed by atoms with Gasteiger partial charge < -0.3 is 4.57 Å². The average Bonchev–Trinajstić information content (AvgIpc) is 3.02. The van der Waals surface area contributed by atoms with Crippen molar-refractivity contribution in [3.63, 3.8) is 0 Å². The van der Waals surface area contributed by atoms with Gasteiger partial charge in [0.25, 0.3) is 11.8 Å². The van der Waals surface area contributed by atoms with Gasteiger partial charge in [-0.3, -0.25) is 19.8 Å². The molecule has 4 rings (SSSR count). The van der Waals surface area contributed by atoms with Gasteiger partial charge in [-0.2, -0.15) is 0 Å². The van der Waals surface area contributed by atoms with Crippen LogP contribution in [0, 0.1) is 26.6 Å². The monoisotopic (exact) mass is 545 g/mol. The number of aromatic nitrogens is 1. The van der Waals surface area contributed by atoms with E-state index in [4.69, 9.17) is 23.8 Å². The number of amides is 2. The Morgan fingerprint density at radius 2 is 1.82 bits per heavy atom. The molecule has 0 radical (unpaired) electrons. The molecule has 0 saturated carbocycles. The van der Waals surface area contributed by atoms with Gasteiger partial charge in [-0.25, -0.2) is 4.39 Å². The summed E-state index contributed by atoms with van der Waals surface area (Å²) in [5.41, 5.74) is 4.32. The number of carbonyl (C=O) groups excluding carboxylic acids is 2. The summed E-state index contributed by atoms with van der Waals surface area (Å²) in [7, 11) is 0. The number of hydrogen-bond acceptors (Lipinski definition) is 3. The standard InChI is InChI=1S/C24H18BrClFN3O2S/c1-12-8-16(25)4-7-21(12)30-23(32)18(22(31)28-24(30)33)10-15-9-13(2)29(14(15)3)17-5-6-20(27)19(26)11-17/h4-11H,1-3H3,(H,28,31,33)/b18-10+. The molecule has 33 heavy (non-hydrogen) atoms. The highest BCUT2D eigenvalue weighted by Crippen LogP contribution is 2.29. The van der Waals surface area contributed by atoms with E-state index in [1.807, 2.05) is 37.5 Å². The molecule has 0 bridgehead atoms. The predicted octanol–water partition coefficient (Wildman–Crippen LogP) is 5.79. The van der Waals surface area contributed by atoms with Crippen LogP contribution in [0.5, 0.6) is 0 Å². The van der Waals surface area contributed by atoms with Gasteiger partial charge in [-0.1, -0.05) is 27.5 Å². The summed E-state index contributed by atoms with van der Waals surface area (Å²) in [6.07, 6.45) is 1.55. The molecular weight excluding hydrogens is 529 g/mol. The summed E-state index contributed by atoms with van der Waals surface area (Å²) in [6, 6.07) is 11.7. The number of benzene rings is 2. The minimum absolute atomic E-state index is 0.00997. The Morgan fingerprint density at radius 3 is 2.48 bits per heavy atom. The summed E-state index contributed by atoms with van der Waals surface area (Å²) < 4.78 is 16.4. The maximum absolute atomic E-state index is 13.6. The molecule has 5 nitrogen and oxygen atoms in total. The fraction of sp³-hybridized carbons (Fsp3) is 0.125. The third-order valence-electron chi connectivity index (χ3n) is 5.43. The first-order valence-electron chi connectivity index (χ1n) is 9.90. The number of halogens is 3. The van der Waals surface area contributed by atoms with Crippen molar-refractivity contribution in [2.45, 2.75) is 20.8 Å². The summed E-state index contributed by atoms with van der Waals surface area (Å²) in [4.78, 5) is 27.4. The van der Waals surface area contributed by atoms with Gasteiger partial charge in [0.2, 0.25) is 0 Å². The lowest BCUT2D eigenvalue weighted by atomic mass is 10.1. The second-order valence-corrected chi connectivity index (χ2v) is 9.36. The van der Waals surface area contributed by atoms with Crippen LogP contribution in [-0.4, -0.2) is 21.5 Å². The molecule has 1 aliphatic rings. The van der Waals surface area contributed by atoms with E-state index in [0.29, 0.717) is 16.9 Å². The van der Waals surface area contributed by atoms with Crippen LogP contribution in [0.2, 0.25) is 5.02 Å². The highest BCUT2D eigenvalue weighted by molar-refractivity contribution is 9.10. The molecule has 1 fully saturated rings. The number of carbonyl (C=O) groups is 2. The molecule has 2 aromatic carbocycles. The molecule has 9 heteroatoms. The van der Waals surface area contributed by atoms with Crippen LogP contribution < -0.4 is 10.2 Å². The average molecular weight is 547 g/mol. The molecule has 0 atom stereocenters. The van der Waals surface area contributed by atoms with E-state index in [0.717, 1.165) is 21.4 Å². The van der Waals surface area contributed by atoms with E-state index in [1.54, 1.807) is 24.3 Å². The number of aryl methyl sites for hydroxylation is 2. The Morgan fingerprint density at radius 1 is 1.09 bits per heavy atom. The highest BCUT2D eigenvalue weighted by atomic mass is 79.9. The zero-order valence-electron chi connectivity index (χ0n) is 17.9. The molecular formula is C24H18BrClFN3O2S. The van der Waals surface area contributed by atoms with Crippen LogP contribution in [0.3, 0.4) is 0 Å². The van der Waals surface area contributed by atoms with Gasteiger partial charge in [-0.15, -0.1) is 0 Å². The van der Waals surface area contributed by atoms with E-state index in [1.165, 1.54) is 17.0 Å². The van der Waals surface area contributed by atoms with Crippen LogP contribution >= 0.6 is 39.7 Å². The van der Waals surface area contributed by atoms with Crippen molar-refractivity contribution in [1.29, 1.82) is 0 Å². The van der Waals surface area contributed by atoms with E-state index < -0.39 is 17.6 Å². The molecule has 1 aliphatic heterocycles. The SMILES string of the molecule is Cc1cc(Br)ccc1N1C(=O)/C(=C/c2cc(C)n(-c3ccc(F)c(Cl)c3)c2C)C(=O)NC1=S. The maximum Gasteiger partial charge on any atom is 0.270 e. The lowest BCUT2D eigenvalue weighted by Gasteiger charge is -2.30. The Hall–Kier alpha value is -2.81. The topological polar surface area (TPSA) is 54.3 Å². The third kappa shape index (κ3) is 4.26. The fourth-order valence-corrected chi connectivity index (χ4v) is 4.78. The van der Waals surface area contributed by atoms with Gasteiger partial charge in [-0.05, 0) is 92.7 Å². The smallest absolute Gasteiger partial charge is 0.270 e. The van der Waals surface area contributed by atoms with Crippen molar-refractivity contribution < 1.29 is 14.0 Å². The Kier molecular flexibility index (Phi) is 6.26. The quantitative estimate of drug-likeness (QED) is 0.257. The minimum Gasteiger partial charge on any atom is -0.318 e. The zero-order valence-corrected chi connectivity index (χ0v) is 21.0. The van der Waals surface area contributed by atoms with Crippen molar-refractivity contribution in [2.24, 2.45) is 0 Å². The predicted molar refractivity (Wildman–Crippen MR) is 135 cm³/mol. The molecule has 1 N–H and O–H groups in total. The van der Waals surface area contributed by atoms with Crippen molar-refractivity contribution in [2.75, 3.05) is 4.90 Å². The third-order valence-corrected chi connectivity index (χ3v) is 6.50. The molecule has 168 valence electrons. The molecule has 2 amide bonds. The van der Waals surface area contributed by atoms with E-state index in [2.05, 4.69) is 21.2 Å². The van der Waals surface area contributed by atoms with Crippen LogP contribution in [-0.2, 0) is 9.59 Å². The summed E-state index contributed by atoms with van der Waals surface area (Å²) in [5.74, 6) is -1.58. The van der Waals surface area contributed by atoms with E-state index in [9.17, 15) is 14.0 Å². The largest absolute Gasteiger partial charge is 0.318 e. The highest BCUT2D eigenvalue weighted by Gasteiger charge is 2.35. The number of rotatable bonds is 3. The Labute approximate surface area is 209 Å². The summed E-state index contributed by atoms with van der Waals surface area (Å²) in [5, 5.41) is 2.65. The van der Waals surface area contributed by atoms with Gasteiger partial charge in [0.15, 0.2) is 5.11 Å². The van der Waals surface area contributed by atoms with Gasteiger partial charge in [0.05, 0.1) is 10.7 Å². The van der Waals surface area contributed by atoms with Gasteiger partial charge in [0, 0.05) is 21.5 Å². The van der Waals surface area contributed by atoms with Crippen LogP contribution in [0.1, 0.15) is 22.5 Å². The number of thiocarbonyl (C=S) groups is 1. The van der Waals surface area contributed by atoms with Crippen LogP contribution in [0.25, 0.3) is 11.8 Å². The lowest BCUT2D eigenvalue weighted by Crippen LogP contribution is -2.54. The summed E-state index contributed by atoms with van der Waals surface area (Å²) >= 11 is 14.7. The molecule has 0 spiro atoms. The Balaban J connectivity index is 1.78.